The van der Waals surface area contributed by atoms with Gasteiger partial charge in [0.25, 0.3) is 0 Å². The molecule has 1 atom stereocenters. The molecule has 2 aliphatic heterocycles. The number of hydrogen-bond acceptors (Lipinski definition) is 5. The van der Waals surface area contributed by atoms with Crippen LogP contribution in [-0.4, -0.2) is 79.7 Å². The number of carbonyl (C=O) groups is 2. The predicted octanol–water partition coefficient (Wildman–Crippen LogP) is 0.185. The molecule has 136 valence electrons. The summed E-state index contributed by atoms with van der Waals surface area (Å²) in [5.41, 5.74) is 0.720. The summed E-state index contributed by atoms with van der Waals surface area (Å²) in [6.45, 7) is 4.02. The van der Waals surface area contributed by atoms with Crippen molar-refractivity contribution in [1.29, 1.82) is 0 Å². The summed E-state index contributed by atoms with van der Waals surface area (Å²) in [6, 6.07) is 7.38. The number of aliphatic hydroxyl groups is 1. The molecule has 7 heteroatoms. The van der Waals surface area contributed by atoms with Gasteiger partial charge in [0.2, 0.25) is 11.8 Å². The number of ether oxygens (including phenoxy) is 1. The fourth-order valence-electron chi connectivity index (χ4n) is 3.55. The lowest BCUT2D eigenvalue weighted by molar-refractivity contribution is -0.137. The van der Waals surface area contributed by atoms with E-state index in [4.69, 9.17) is 9.84 Å². The number of methoxy groups -OCH3 is 1. The highest BCUT2D eigenvalue weighted by molar-refractivity contribution is 6.01. The van der Waals surface area contributed by atoms with Gasteiger partial charge in [0, 0.05) is 45.7 Å². The van der Waals surface area contributed by atoms with Crippen molar-refractivity contribution in [3.05, 3.63) is 24.3 Å². The first kappa shape index (κ1) is 17.7. The molecule has 0 bridgehead atoms. The van der Waals surface area contributed by atoms with Gasteiger partial charge in [0.05, 0.1) is 25.3 Å². The van der Waals surface area contributed by atoms with E-state index in [1.54, 1.807) is 12.0 Å². The maximum atomic E-state index is 12.8. The van der Waals surface area contributed by atoms with Gasteiger partial charge >= 0.3 is 0 Å². The molecule has 3 rings (SSSR count). The summed E-state index contributed by atoms with van der Waals surface area (Å²) in [5, 5.41) is 9.00. The van der Waals surface area contributed by atoms with Crippen molar-refractivity contribution in [3.63, 3.8) is 0 Å². The molecule has 1 aromatic carbocycles. The molecule has 2 fully saturated rings. The molecule has 25 heavy (non-hydrogen) atoms. The average Bonchev–Trinajstić information content (AvgIpc) is 3.03. The van der Waals surface area contributed by atoms with Crippen LogP contribution in [0, 0.1) is 5.92 Å². The molecular formula is C18H25N3O4. The van der Waals surface area contributed by atoms with Gasteiger partial charge in [-0.3, -0.25) is 14.5 Å². The number of aliphatic hydroxyl groups excluding tert-OH is 1. The minimum Gasteiger partial charge on any atom is -0.495 e. The first-order valence-electron chi connectivity index (χ1n) is 8.69. The van der Waals surface area contributed by atoms with Crippen LogP contribution in [0.15, 0.2) is 24.3 Å². The summed E-state index contributed by atoms with van der Waals surface area (Å²) in [5.74, 6) is 0.347. The van der Waals surface area contributed by atoms with Gasteiger partial charge in [0.1, 0.15) is 5.75 Å². The van der Waals surface area contributed by atoms with Gasteiger partial charge in [-0.1, -0.05) is 12.1 Å². The molecule has 0 spiro atoms. The van der Waals surface area contributed by atoms with Crippen LogP contribution in [0.25, 0.3) is 0 Å². The molecule has 0 aromatic heterocycles. The molecule has 0 saturated carbocycles. The number of amides is 2. The number of benzene rings is 1. The van der Waals surface area contributed by atoms with Crippen molar-refractivity contribution in [2.75, 3.05) is 57.9 Å². The Labute approximate surface area is 147 Å². The number of piperazine rings is 1. The van der Waals surface area contributed by atoms with Gasteiger partial charge in [-0.15, -0.1) is 0 Å². The molecule has 0 unspecified atom stereocenters. The van der Waals surface area contributed by atoms with E-state index in [1.165, 1.54) is 0 Å². The van der Waals surface area contributed by atoms with Gasteiger partial charge in [0.15, 0.2) is 0 Å². The fraction of sp³-hybridized carbons (Fsp3) is 0.556. The van der Waals surface area contributed by atoms with Crippen molar-refractivity contribution in [2.24, 2.45) is 5.92 Å². The molecule has 2 saturated heterocycles. The van der Waals surface area contributed by atoms with Crippen molar-refractivity contribution < 1.29 is 19.4 Å². The minimum atomic E-state index is -0.304. The smallest absolute Gasteiger partial charge is 0.228 e. The largest absolute Gasteiger partial charge is 0.495 e. The lowest BCUT2D eigenvalue weighted by atomic mass is 10.1. The van der Waals surface area contributed by atoms with Crippen molar-refractivity contribution >= 4 is 17.5 Å². The number of rotatable bonds is 5. The van der Waals surface area contributed by atoms with Crippen LogP contribution in [0.2, 0.25) is 0 Å². The van der Waals surface area contributed by atoms with E-state index in [9.17, 15) is 9.59 Å². The first-order chi connectivity index (χ1) is 12.1. The lowest BCUT2D eigenvalue weighted by Crippen LogP contribution is -2.51. The summed E-state index contributed by atoms with van der Waals surface area (Å²) >= 11 is 0. The maximum Gasteiger partial charge on any atom is 0.228 e. The number of anilines is 1. The van der Waals surface area contributed by atoms with Crippen molar-refractivity contribution in [1.82, 2.24) is 9.80 Å². The molecule has 2 amide bonds. The Morgan fingerprint density at radius 3 is 2.64 bits per heavy atom. The Hall–Kier alpha value is -2.12. The van der Waals surface area contributed by atoms with Gasteiger partial charge in [-0.05, 0) is 12.1 Å². The van der Waals surface area contributed by atoms with Crippen LogP contribution >= 0.6 is 0 Å². The molecule has 0 radical (unpaired) electrons. The molecule has 0 aliphatic carbocycles. The second kappa shape index (κ2) is 7.84. The normalized spacial score (nSPS) is 21.7. The Balaban J connectivity index is 1.63. The monoisotopic (exact) mass is 347 g/mol. The van der Waals surface area contributed by atoms with E-state index >= 15 is 0 Å². The summed E-state index contributed by atoms with van der Waals surface area (Å²) in [7, 11) is 1.58. The molecule has 7 nitrogen and oxygen atoms in total. The zero-order valence-electron chi connectivity index (χ0n) is 14.6. The molecule has 2 heterocycles. The van der Waals surface area contributed by atoms with Crippen LogP contribution < -0.4 is 9.64 Å². The second-order valence-corrected chi connectivity index (χ2v) is 6.47. The van der Waals surface area contributed by atoms with Crippen LogP contribution in [0.3, 0.4) is 0 Å². The molecule has 1 N–H and O–H groups in total. The topological polar surface area (TPSA) is 73.3 Å². The number of nitrogens with zero attached hydrogens (tertiary/aromatic N) is 3. The highest BCUT2D eigenvalue weighted by atomic mass is 16.5. The van der Waals surface area contributed by atoms with E-state index < -0.39 is 0 Å². The molecule has 1 aromatic rings. The zero-order valence-corrected chi connectivity index (χ0v) is 14.6. The van der Waals surface area contributed by atoms with Gasteiger partial charge < -0.3 is 19.6 Å². The number of para-hydroxylation sites is 2. The Morgan fingerprint density at radius 1 is 1.24 bits per heavy atom. The highest BCUT2D eigenvalue weighted by Crippen LogP contribution is 2.33. The number of hydrogen-bond donors (Lipinski definition) is 1. The van der Waals surface area contributed by atoms with Crippen molar-refractivity contribution in [2.45, 2.75) is 6.42 Å². The quantitative estimate of drug-likeness (QED) is 0.823. The standard InChI is InChI=1S/C18H25N3O4/c1-25-16-5-3-2-4-15(16)21-13-14(12-17(21)23)18(24)20-8-6-19(7-9-20)10-11-22/h2-5,14,22H,6-13H2,1H3/t14-/m1/s1. The van der Waals surface area contributed by atoms with Crippen LogP contribution in [0.4, 0.5) is 5.69 Å². The summed E-state index contributed by atoms with van der Waals surface area (Å²) < 4.78 is 5.34. The summed E-state index contributed by atoms with van der Waals surface area (Å²) in [4.78, 5) is 30.9. The summed E-state index contributed by atoms with van der Waals surface area (Å²) in [6.07, 6.45) is 0.244. The Morgan fingerprint density at radius 2 is 1.96 bits per heavy atom. The third kappa shape index (κ3) is 3.77. The number of β-amino-alcohol motifs (C(OH)–C–C–N with tert-alkyl or cyclic N) is 1. The fourth-order valence-corrected chi connectivity index (χ4v) is 3.55. The van der Waals surface area contributed by atoms with E-state index in [1.807, 2.05) is 29.2 Å². The van der Waals surface area contributed by atoms with E-state index in [0.29, 0.717) is 31.9 Å². The SMILES string of the molecule is COc1ccccc1N1C[C@H](C(=O)N2CCN(CCO)CC2)CC1=O. The maximum absolute atomic E-state index is 12.8. The number of carbonyl (C=O) groups excluding carboxylic acids is 2. The second-order valence-electron chi connectivity index (χ2n) is 6.47. The third-order valence-electron chi connectivity index (χ3n) is 4.95. The van der Waals surface area contributed by atoms with Gasteiger partial charge in [-0.25, -0.2) is 0 Å². The average molecular weight is 347 g/mol. The first-order valence-corrected chi connectivity index (χ1v) is 8.69. The Kier molecular flexibility index (Phi) is 5.55. The molecule has 2 aliphatic rings. The van der Waals surface area contributed by atoms with E-state index in [2.05, 4.69) is 4.90 Å². The third-order valence-corrected chi connectivity index (χ3v) is 4.95. The van der Waals surface area contributed by atoms with Crippen LogP contribution in [0.1, 0.15) is 6.42 Å². The van der Waals surface area contributed by atoms with E-state index in [-0.39, 0.29) is 30.8 Å². The predicted molar refractivity (Wildman–Crippen MR) is 93.6 cm³/mol. The van der Waals surface area contributed by atoms with Crippen LogP contribution in [0.5, 0.6) is 5.75 Å². The van der Waals surface area contributed by atoms with Gasteiger partial charge in [-0.2, -0.15) is 0 Å². The Bertz CT molecular complexity index is 629. The highest BCUT2D eigenvalue weighted by Gasteiger charge is 2.38. The van der Waals surface area contributed by atoms with Crippen molar-refractivity contribution in [3.8, 4) is 5.75 Å². The van der Waals surface area contributed by atoms with E-state index in [0.717, 1.165) is 18.8 Å². The van der Waals surface area contributed by atoms with Crippen LogP contribution in [-0.2, 0) is 9.59 Å². The lowest BCUT2D eigenvalue weighted by Gasteiger charge is -2.35. The zero-order chi connectivity index (χ0) is 17.8. The molecular weight excluding hydrogens is 322 g/mol. The minimum absolute atomic E-state index is 0.0400.